The van der Waals surface area contributed by atoms with Gasteiger partial charge in [-0.3, -0.25) is 0 Å². The number of halogens is 1. The second kappa shape index (κ2) is 7.43. The maximum Gasteiger partial charge on any atom is 0.0476 e. The highest BCUT2D eigenvalue weighted by molar-refractivity contribution is 9.10. The van der Waals surface area contributed by atoms with Crippen LogP contribution in [-0.4, -0.2) is 31.3 Å². The highest BCUT2D eigenvalue weighted by Crippen LogP contribution is 2.28. The number of aliphatic hydroxyl groups is 1. The zero-order valence-electron chi connectivity index (χ0n) is 12.4. The minimum Gasteiger partial charge on any atom is -0.396 e. The molecular weight excluding hydrogens is 316 g/mol. The second-order valence-electron chi connectivity index (χ2n) is 6.08. The molecule has 3 nitrogen and oxygen atoms in total. The summed E-state index contributed by atoms with van der Waals surface area (Å²) in [4.78, 5) is 2.36. The van der Waals surface area contributed by atoms with Gasteiger partial charge in [0.2, 0.25) is 0 Å². The van der Waals surface area contributed by atoms with Gasteiger partial charge in [-0.05, 0) is 36.6 Å². The van der Waals surface area contributed by atoms with Crippen LogP contribution in [0.1, 0.15) is 25.8 Å². The molecule has 1 aliphatic heterocycles. The smallest absolute Gasteiger partial charge is 0.0476 e. The summed E-state index contributed by atoms with van der Waals surface area (Å²) >= 11 is 3.68. The SMILES string of the molecule is CC(C)CNCc1ccc(N2CCC(CO)C2)cc1Br. The molecule has 4 heteroatoms. The van der Waals surface area contributed by atoms with Crippen LogP contribution in [0.15, 0.2) is 22.7 Å². The summed E-state index contributed by atoms with van der Waals surface area (Å²) in [6, 6.07) is 6.59. The van der Waals surface area contributed by atoms with Crippen molar-refractivity contribution in [3.8, 4) is 0 Å². The van der Waals surface area contributed by atoms with Crippen molar-refractivity contribution in [2.45, 2.75) is 26.8 Å². The quantitative estimate of drug-likeness (QED) is 0.835. The number of anilines is 1. The lowest BCUT2D eigenvalue weighted by molar-refractivity contribution is 0.238. The molecule has 0 radical (unpaired) electrons. The van der Waals surface area contributed by atoms with Gasteiger partial charge in [0, 0.05) is 42.3 Å². The van der Waals surface area contributed by atoms with Gasteiger partial charge in [-0.2, -0.15) is 0 Å². The Labute approximate surface area is 130 Å². The van der Waals surface area contributed by atoms with E-state index in [1.165, 1.54) is 15.7 Å². The van der Waals surface area contributed by atoms with Crippen LogP contribution in [0.4, 0.5) is 5.69 Å². The highest BCUT2D eigenvalue weighted by atomic mass is 79.9. The number of aliphatic hydroxyl groups excluding tert-OH is 1. The summed E-state index contributed by atoms with van der Waals surface area (Å²) < 4.78 is 1.17. The van der Waals surface area contributed by atoms with E-state index >= 15 is 0 Å². The van der Waals surface area contributed by atoms with Crippen molar-refractivity contribution in [2.24, 2.45) is 11.8 Å². The summed E-state index contributed by atoms with van der Waals surface area (Å²) in [5.74, 6) is 1.11. The van der Waals surface area contributed by atoms with Crippen LogP contribution >= 0.6 is 15.9 Å². The first-order chi connectivity index (χ1) is 9.60. The van der Waals surface area contributed by atoms with Crippen molar-refractivity contribution in [1.29, 1.82) is 0 Å². The number of hydrogen-bond acceptors (Lipinski definition) is 3. The molecule has 1 aliphatic rings. The largest absolute Gasteiger partial charge is 0.396 e. The Bertz CT molecular complexity index is 436. The van der Waals surface area contributed by atoms with Crippen molar-refractivity contribution in [2.75, 3.05) is 31.1 Å². The van der Waals surface area contributed by atoms with Gasteiger partial charge in [-0.1, -0.05) is 35.8 Å². The molecule has 20 heavy (non-hydrogen) atoms. The Morgan fingerprint density at radius 3 is 2.85 bits per heavy atom. The van der Waals surface area contributed by atoms with E-state index < -0.39 is 0 Å². The van der Waals surface area contributed by atoms with Crippen LogP contribution in [0.2, 0.25) is 0 Å². The summed E-state index contributed by atoms with van der Waals surface area (Å²) in [5.41, 5.74) is 2.55. The Morgan fingerprint density at radius 1 is 1.45 bits per heavy atom. The van der Waals surface area contributed by atoms with Crippen LogP contribution in [0, 0.1) is 11.8 Å². The number of benzene rings is 1. The number of hydrogen-bond donors (Lipinski definition) is 2. The topological polar surface area (TPSA) is 35.5 Å². The highest BCUT2D eigenvalue weighted by Gasteiger charge is 2.22. The van der Waals surface area contributed by atoms with Crippen molar-refractivity contribution < 1.29 is 5.11 Å². The first kappa shape index (κ1) is 15.8. The van der Waals surface area contributed by atoms with Gasteiger partial charge in [-0.25, -0.2) is 0 Å². The zero-order chi connectivity index (χ0) is 14.5. The number of rotatable bonds is 6. The van der Waals surface area contributed by atoms with Gasteiger partial charge >= 0.3 is 0 Å². The van der Waals surface area contributed by atoms with E-state index in [0.29, 0.717) is 18.4 Å². The third-order valence-electron chi connectivity index (χ3n) is 3.81. The van der Waals surface area contributed by atoms with Gasteiger partial charge in [0.15, 0.2) is 0 Å². The molecule has 1 unspecified atom stereocenters. The van der Waals surface area contributed by atoms with Gasteiger partial charge < -0.3 is 15.3 Å². The zero-order valence-corrected chi connectivity index (χ0v) is 14.0. The molecule has 1 saturated heterocycles. The molecular formula is C16H25BrN2O. The summed E-state index contributed by atoms with van der Waals surface area (Å²) in [6.07, 6.45) is 1.09. The molecule has 1 aromatic rings. The molecule has 0 aromatic heterocycles. The van der Waals surface area contributed by atoms with E-state index in [9.17, 15) is 5.11 Å². The van der Waals surface area contributed by atoms with Gasteiger partial charge in [-0.15, -0.1) is 0 Å². The lowest BCUT2D eigenvalue weighted by Crippen LogP contribution is -2.21. The summed E-state index contributed by atoms with van der Waals surface area (Å²) in [7, 11) is 0. The molecule has 1 atom stereocenters. The standard InChI is InChI=1S/C16H25BrN2O/c1-12(2)8-18-9-14-3-4-15(7-16(14)17)19-6-5-13(10-19)11-20/h3-4,7,12-13,18,20H,5-6,8-11H2,1-2H3. The maximum absolute atomic E-state index is 9.23. The first-order valence-electron chi connectivity index (χ1n) is 7.45. The predicted octanol–water partition coefficient (Wildman–Crippen LogP) is 3.01. The fourth-order valence-electron chi connectivity index (χ4n) is 2.59. The van der Waals surface area contributed by atoms with E-state index in [-0.39, 0.29) is 0 Å². The molecule has 1 heterocycles. The van der Waals surface area contributed by atoms with Crippen LogP contribution in [-0.2, 0) is 6.54 Å². The second-order valence-corrected chi connectivity index (χ2v) is 6.94. The molecule has 2 rings (SSSR count). The minimum absolute atomic E-state index is 0.300. The average molecular weight is 341 g/mol. The molecule has 0 bridgehead atoms. The van der Waals surface area contributed by atoms with Crippen LogP contribution in [0.25, 0.3) is 0 Å². The fraction of sp³-hybridized carbons (Fsp3) is 0.625. The Balaban J connectivity index is 1.95. The molecule has 0 aliphatic carbocycles. The van der Waals surface area contributed by atoms with Gasteiger partial charge in [0.1, 0.15) is 0 Å². The Hall–Kier alpha value is -0.580. The fourth-order valence-corrected chi connectivity index (χ4v) is 3.09. The number of nitrogens with zero attached hydrogens (tertiary/aromatic N) is 1. The third kappa shape index (κ3) is 4.21. The molecule has 0 saturated carbocycles. The van der Waals surface area contributed by atoms with Crippen LogP contribution < -0.4 is 10.2 Å². The summed E-state index contributed by atoms with van der Waals surface area (Å²) in [5, 5.41) is 12.7. The van der Waals surface area contributed by atoms with Crippen LogP contribution in [0.5, 0.6) is 0 Å². The molecule has 112 valence electrons. The molecule has 1 aromatic carbocycles. The third-order valence-corrected chi connectivity index (χ3v) is 4.55. The van der Waals surface area contributed by atoms with Crippen molar-refractivity contribution in [3.63, 3.8) is 0 Å². The molecule has 2 N–H and O–H groups in total. The molecule has 0 spiro atoms. The van der Waals surface area contributed by atoms with Crippen molar-refractivity contribution >= 4 is 21.6 Å². The lowest BCUT2D eigenvalue weighted by atomic mass is 10.1. The van der Waals surface area contributed by atoms with Crippen LogP contribution in [0.3, 0.4) is 0 Å². The Morgan fingerprint density at radius 2 is 2.25 bits per heavy atom. The van der Waals surface area contributed by atoms with Crippen molar-refractivity contribution in [1.82, 2.24) is 5.32 Å². The number of nitrogens with one attached hydrogen (secondary N) is 1. The first-order valence-corrected chi connectivity index (χ1v) is 8.24. The average Bonchev–Trinajstić information content (AvgIpc) is 2.89. The Kier molecular flexibility index (Phi) is 5.87. The van der Waals surface area contributed by atoms with E-state index in [1.54, 1.807) is 0 Å². The monoisotopic (exact) mass is 340 g/mol. The van der Waals surface area contributed by atoms with Gasteiger partial charge in [0.25, 0.3) is 0 Å². The normalized spacial score (nSPS) is 19.1. The molecule has 0 amide bonds. The summed E-state index contributed by atoms with van der Waals surface area (Å²) in [6.45, 7) is 8.69. The van der Waals surface area contributed by atoms with E-state index in [1.807, 2.05) is 0 Å². The lowest BCUT2D eigenvalue weighted by Gasteiger charge is -2.20. The maximum atomic E-state index is 9.23. The van der Waals surface area contributed by atoms with E-state index in [2.05, 4.69) is 58.2 Å². The minimum atomic E-state index is 0.300. The van der Waals surface area contributed by atoms with E-state index in [4.69, 9.17) is 0 Å². The predicted molar refractivity (Wildman–Crippen MR) is 88.1 cm³/mol. The van der Waals surface area contributed by atoms with Gasteiger partial charge in [0.05, 0.1) is 0 Å². The van der Waals surface area contributed by atoms with E-state index in [0.717, 1.165) is 32.6 Å². The van der Waals surface area contributed by atoms with Crippen molar-refractivity contribution in [3.05, 3.63) is 28.2 Å². The molecule has 1 fully saturated rings.